The van der Waals surface area contributed by atoms with E-state index in [1.165, 1.54) is 4.68 Å². The molecule has 0 spiro atoms. The molecule has 1 aromatic heterocycles. The van der Waals surface area contributed by atoms with Gasteiger partial charge in [0.25, 0.3) is 0 Å². The summed E-state index contributed by atoms with van der Waals surface area (Å²) in [6, 6.07) is 0. The van der Waals surface area contributed by atoms with Gasteiger partial charge in [-0.2, -0.15) is 4.80 Å². The van der Waals surface area contributed by atoms with Gasteiger partial charge in [-0.25, -0.2) is 9.48 Å². The van der Waals surface area contributed by atoms with Crippen LogP contribution in [0.15, 0.2) is 4.79 Å². The molecule has 1 rings (SSSR count). The molecular formula is C5H9BrN4O. The van der Waals surface area contributed by atoms with Crippen LogP contribution in [0.3, 0.4) is 0 Å². The second-order valence-corrected chi connectivity index (χ2v) is 2.77. The van der Waals surface area contributed by atoms with Gasteiger partial charge in [-0.15, -0.1) is 0 Å². The zero-order valence-corrected chi connectivity index (χ0v) is 7.78. The normalized spacial score (nSPS) is 10.4. The van der Waals surface area contributed by atoms with Crippen LogP contribution in [0.2, 0.25) is 0 Å². The van der Waals surface area contributed by atoms with Crippen LogP contribution < -0.4 is 5.69 Å². The van der Waals surface area contributed by atoms with Gasteiger partial charge in [0.15, 0.2) is 0 Å². The van der Waals surface area contributed by atoms with Gasteiger partial charge >= 0.3 is 5.69 Å². The molecule has 5 nitrogen and oxygen atoms in total. The van der Waals surface area contributed by atoms with E-state index in [2.05, 4.69) is 26.2 Å². The summed E-state index contributed by atoms with van der Waals surface area (Å²) in [5.74, 6) is 0. The molecule has 0 aromatic carbocycles. The van der Waals surface area contributed by atoms with Crippen molar-refractivity contribution in [3.05, 3.63) is 10.5 Å². The lowest BCUT2D eigenvalue weighted by Gasteiger charge is -2.01. The van der Waals surface area contributed by atoms with Gasteiger partial charge in [0.05, 0.1) is 6.54 Å². The topological polar surface area (TPSA) is 52.7 Å². The summed E-state index contributed by atoms with van der Waals surface area (Å²) in [5, 5.41) is 7.84. The third kappa shape index (κ3) is 1.68. The average Bonchev–Trinajstić information content (AvgIpc) is 2.33. The minimum atomic E-state index is -0.284. The Morgan fingerprint density at radius 1 is 1.64 bits per heavy atom. The molecule has 0 aliphatic carbocycles. The molecule has 0 fully saturated rings. The number of tetrazole rings is 1. The van der Waals surface area contributed by atoms with Crippen LogP contribution in [0, 0.1) is 0 Å². The van der Waals surface area contributed by atoms with Crippen molar-refractivity contribution < 1.29 is 0 Å². The Morgan fingerprint density at radius 3 is 2.91 bits per heavy atom. The smallest absolute Gasteiger partial charge is 0.242 e. The van der Waals surface area contributed by atoms with Gasteiger partial charge in [0, 0.05) is 11.9 Å². The molecule has 0 bridgehead atoms. The summed E-state index contributed by atoms with van der Waals surface area (Å²) in [4.78, 5) is 12.5. The zero-order valence-electron chi connectivity index (χ0n) is 6.20. The van der Waals surface area contributed by atoms with Crippen molar-refractivity contribution in [1.29, 1.82) is 0 Å². The lowest BCUT2D eigenvalue weighted by molar-refractivity contribution is 0.429. The maximum absolute atomic E-state index is 10.9. The molecule has 0 amide bonds. The molecule has 6 heteroatoms. The highest BCUT2D eigenvalue weighted by molar-refractivity contribution is 9.09. The van der Waals surface area contributed by atoms with E-state index in [-0.39, 0.29) is 5.69 Å². The Balaban J connectivity index is 2.96. The third-order valence-corrected chi connectivity index (χ3v) is 1.67. The standard InChI is InChI=1S/C5H9BrN4O/c1-2-9-5(11)7-8-10(9)4-3-6/h2-4H2,1H3. The Morgan fingerprint density at radius 2 is 2.36 bits per heavy atom. The van der Waals surface area contributed by atoms with Crippen LogP contribution in [-0.2, 0) is 13.1 Å². The lowest BCUT2D eigenvalue weighted by Crippen LogP contribution is -2.23. The first-order chi connectivity index (χ1) is 5.29. The second-order valence-electron chi connectivity index (χ2n) is 1.97. The van der Waals surface area contributed by atoms with E-state index in [9.17, 15) is 4.79 Å². The number of rotatable bonds is 3. The second kappa shape index (κ2) is 3.66. The van der Waals surface area contributed by atoms with E-state index >= 15 is 0 Å². The zero-order chi connectivity index (χ0) is 8.27. The average molecular weight is 221 g/mol. The first kappa shape index (κ1) is 8.45. The quantitative estimate of drug-likeness (QED) is 0.667. The maximum atomic E-state index is 10.9. The van der Waals surface area contributed by atoms with E-state index in [0.29, 0.717) is 13.1 Å². The first-order valence-corrected chi connectivity index (χ1v) is 4.48. The molecule has 0 N–H and O–H groups in total. The SMILES string of the molecule is CCn1c(=O)nnn1CCBr. The highest BCUT2D eigenvalue weighted by Gasteiger charge is 2.01. The molecule has 62 valence electrons. The largest absolute Gasteiger partial charge is 0.383 e. The molecule has 0 aliphatic rings. The molecular weight excluding hydrogens is 212 g/mol. The van der Waals surface area contributed by atoms with Crippen molar-refractivity contribution in [1.82, 2.24) is 19.8 Å². The molecule has 0 unspecified atom stereocenters. The van der Waals surface area contributed by atoms with Crippen molar-refractivity contribution in [2.45, 2.75) is 20.0 Å². The van der Waals surface area contributed by atoms with Crippen molar-refractivity contribution in [3.8, 4) is 0 Å². The van der Waals surface area contributed by atoms with E-state index in [0.717, 1.165) is 5.33 Å². The molecule has 1 aromatic rings. The number of halogens is 1. The van der Waals surface area contributed by atoms with Gasteiger partial charge in [0.1, 0.15) is 0 Å². The molecule has 0 radical (unpaired) electrons. The molecule has 0 saturated heterocycles. The fraction of sp³-hybridized carbons (Fsp3) is 0.800. The van der Waals surface area contributed by atoms with Crippen LogP contribution in [0.4, 0.5) is 0 Å². The lowest BCUT2D eigenvalue weighted by atomic mass is 10.7. The summed E-state index contributed by atoms with van der Waals surface area (Å²) in [6.45, 7) is 3.16. The van der Waals surface area contributed by atoms with Gasteiger partial charge < -0.3 is 0 Å². The number of aromatic nitrogens is 4. The van der Waals surface area contributed by atoms with Crippen molar-refractivity contribution in [2.75, 3.05) is 5.33 Å². The summed E-state index contributed by atoms with van der Waals surface area (Å²) in [6.07, 6.45) is 0. The number of nitrogens with zero attached hydrogens (tertiary/aromatic N) is 4. The fourth-order valence-corrected chi connectivity index (χ4v) is 1.15. The number of hydrogen-bond acceptors (Lipinski definition) is 3. The van der Waals surface area contributed by atoms with Crippen molar-refractivity contribution in [2.24, 2.45) is 0 Å². The van der Waals surface area contributed by atoms with E-state index < -0.39 is 0 Å². The van der Waals surface area contributed by atoms with Crippen LogP contribution in [0.25, 0.3) is 0 Å². The minimum Gasteiger partial charge on any atom is -0.242 e. The summed E-state index contributed by atoms with van der Waals surface area (Å²) < 4.78 is 1.49. The third-order valence-electron chi connectivity index (χ3n) is 1.32. The highest BCUT2D eigenvalue weighted by Crippen LogP contribution is 1.85. The minimum absolute atomic E-state index is 0.284. The number of aryl methyl sites for hydroxylation is 1. The monoisotopic (exact) mass is 220 g/mol. The van der Waals surface area contributed by atoms with Gasteiger partial charge in [-0.05, 0) is 12.1 Å². The van der Waals surface area contributed by atoms with Gasteiger partial charge in [-0.1, -0.05) is 21.0 Å². The van der Waals surface area contributed by atoms with Crippen LogP contribution in [0.5, 0.6) is 0 Å². The number of alkyl halides is 1. The molecule has 1 heterocycles. The van der Waals surface area contributed by atoms with Crippen LogP contribution in [0.1, 0.15) is 6.92 Å². The van der Waals surface area contributed by atoms with Gasteiger partial charge in [0.2, 0.25) is 0 Å². The molecule has 0 aliphatic heterocycles. The maximum Gasteiger partial charge on any atom is 0.383 e. The predicted octanol–water partition coefficient (Wildman–Crippen LogP) is -0.145. The molecule has 0 atom stereocenters. The van der Waals surface area contributed by atoms with Gasteiger partial charge in [-0.3, -0.25) is 0 Å². The molecule has 11 heavy (non-hydrogen) atoms. The van der Waals surface area contributed by atoms with E-state index in [1.807, 2.05) is 6.92 Å². The number of hydrogen-bond donors (Lipinski definition) is 0. The summed E-state index contributed by atoms with van der Waals surface area (Å²) in [7, 11) is 0. The van der Waals surface area contributed by atoms with Crippen LogP contribution >= 0.6 is 15.9 Å². The first-order valence-electron chi connectivity index (χ1n) is 3.36. The molecule has 0 saturated carbocycles. The van der Waals surface area contributed by atoms with Crippen molar-refractivity contribution in [3.63, 3.8) is 0 Å². The van der Waals surface area contributed by atoms with Crippen molar-refractivity contribution >= 4 is 15.9 Å². The Labute approximate surface area is 72.1 Å². The van der Waals surface area contributed by atoms with Crippen LogP contribution in [-0.4, -0.2) is 25.1 Å². The summed E-state index contributed by atoms with van der Waals surface area (Å²) in [5.41, 5.74) is -0.284. The Hall–Kier alpha value is -0.650. The Kier molecular flexibility index (Phi) is 2.81. The highest BCUT2D eigenvalue weighted by atomic mass is 79.9. The Bertz CT molecular complexity index is 278. The van der Waals surface area contributed by atoms with E-state index in [4.69, 9.17) is 0 Å². The van der Waals surface area contributed by atoms with E-state index in [1.54, 1.807) is 4.80 Å². The predicted molar refractivity (Wildman–Crippen MR) is 43.8 cm³/mol. The fourth-order valence-electron chi connectivity index (χ4n) is 0.828. The summed E-state index contributed by atoms with van der Waals surface area (Å²) >= 11 is 3.25.